The summed E-state index contributed by atoms with van der Waals surface area (Å²) in [5, 5.41) is 14.3. The molecule has 8 heteroatoms. The average Bonchev–Trinajstić information content (AvgIpc) is 3.04. The summed E-state index contributed by atoms with van der Waals surface area (Å²) in [5.41, 5.74) is 1.13. The molecule has 1 heterocycles. The quantitative estimate of drug-likeness (QED) is 0.391. The SMILES string of the molecule is CCOc1cccc2sc(NCC(=O)c3ccc([N+](=O)[O-])cc3)nc12. The van der Waals surface area contributed by atoms with Crippen molar-refractivity contribution in [2.45, 2.75) is 6.92 Å². The van der Waals surface area contributed by atoms with Crippen LogP contribution in [0.2, 0.25) is 0 Å². The zero-order chi connectivity index (χ0) is 17.8. The molecule has 0 aliphatic heterocycles. The Hall–Kier alpha value is -3.00. The van der Waals surface area contributed by atoms with Crippen LogP contribution in [0.5, 0.6) is 5.75 Å². The number of Topliss-reactive ketones (excluding diaryl/α,β-unsaturated/α-hetero) is 1. The van der Waals surface area contributed by atoms with Gasteiger partial charge in [0.05, 0.1) is 22.8 Å². The van der Waals surface area contributed by atoms with Gasteiger partial charge in [-0.2, -0.15) is 0 Å². The first kappa shape index (κ1) is 16.8. The molecular weight excluding hydrogens is 342 g/mol. The third-order valence-electron chi connectivity index (χ3n) is 3.48. The van der Waals surface area contributed by atoms with Gasteiger partial charge in [-0.25, -0.2) is 4.98 Å². The van der Waals surface area contributed by atoms with Crippen LogP contribution in [0.25, 0.3) is 10.2 Å². The second-order valence-electron chi connectivity index (χ2n) is 5.14. The number of carbonyl (C=O) groups excluding carboxylic acids is 1. The van der Waals surface area contributed by atoms with Crippen LogP contribution in [0.4, 0.5) is 10.8 Å². The van der Waals surface area contributed by atoms with Crippen LogP contribution in [0.1, 0.15) is 17.3 Å². The minimum absolute atomic E-state index is 0.0425. The first-order valence-corrected chi connectivity index (χ1v) is 8.44. The number of para-hydroxylation sites is 1. The van der Waals surface area contributed by atoms with Crippen molar-refractivity contribution in [2.24, 2.45) is 0 Å². The summed E-state index contributed by atoms with van der Waals surface area (Å²) >= 11 is 1.44. The normalized spacial score (nSPS) is 10.6. The Bertz CT molecular complexity index is 921. The van der Waals surface area contributed by atoms with Gasteiger partial charge >= 0.3 is 0 Å². The average molecular weight is 357 g/mol. The Labute approximate surface area is 147 Å². The Balaban J connectivity index is 1.70. The number of benzene rings is 2. The fraction of sp³-hybridized carbons (Fsp3) is 0.176. The Morgan fingerprint density at radius 2 is 2.04 bits per heavy atom. The summed E-state index contributed by atoms with van der Waals surface area (Å²) < 4.78 is 6.52. The van der Waals surface area contributed by atoms with Crippen molar-refractivity contribution in [3.63, 3.8) is 0 Å². The van der Waals surface area contributed by atoms with E-state index in [1.807, 2.05) is 25.1 Å². The largest absolute Gasteiger partial charge is 0.492 e. The number of anilines is 1. The Morgan fingerprint density at radius 3 is 2.72 bits per heavy atom. The molecule has 0 aliphatic rings. The summed E-state index contributed by atoms with van der Waals surface area (Å²) in [4.78, 5) is 26.8. The molecule has 0 atom stereocenters. The molecule has 1 aromatic heterocycles. The van der Waals surface area contributed by atoms with Gasteiger partial charge in [0, 0.05) is 17.7 Å². The highest BCUT2D eigenvalue weighted by Crippen LogP contribution is 2.32. The van der Waals surface area contributed by atoms with Gasteiger partial charge in [-0.15, -0.1) is 0 Å². The van der Waals surface area contributed by atoms with Gasteiger partial charge in [0.2, 0.25) is 0 Å². The molecule has 3 aromatic rings. The fourth-order valence-electron chi connectivity index (χ4n) is 2.30. The molecular formula is C17H15N3O4S. The summed E-state index contributed by atoms with van der Waals surface area (Å²) in [6.07, 6.45) is 0. The number of hydrogen-bond donors (Lipinski definition) is 1. The van der Waals surface area contributed by atoms with Crippen molar-refractivity contribution < 1.29 is 14.5 Å². The van der Waals surface area contributed by atoms with E-state index in [-0.39, 0.29) is 18.0 Å². The smallest absolute Gasteiger partial charge is 0.269 e. The standard InChI is InChI=1S/C17H15N3O4S/c1-2-24-14-4-3-5-15-16(14)19-17(25-15)18-10-13(21)11-6-8-12(9-7-11)20(22)23/h3-9H,2,10H2,1H3,(H,18,19). The second kappa shape index (κ2) is 7.27. The number of carbonyl (C=O) groups is 1. The third-order valence-corrected chi connectivity index (χ3v) is 4.46. The van der Waals surface area contributed by atoms with Crippen molar-refractivity contribution in [1.29, 1.82) is 0 Å². The van der Waals surface area contributed by atoms with Crippen molar-refractivity contribution in [3.05, 3.63) is 58.1 Å². The predicted octanol–water partition coefficient (Wildman–Crippen LogP) is 3.90. The van der Waals surface area contributed by atoms with Gasteiger partial charge in [-0.1, -0.05) is 17.4 Å². The van der Waals surface area contributed by atoms with E-state index in [0.717, 1.165) is 10.2 Å². The number of ether oxygens (including phenoxy) is 1. The number of ketones is 1. The zero-order valence-electron chi connectivity index (χ0n) is 13.4. The minimum atomic E-state index is -0.496. The van der Waals surface area contributed by atoms with Gasteiger partial charge in [0.15, 0.2) is 10.9 Å². The molecule has 0 spiro atoms. The number of aromatic nitrogens is 1. The highest BCUT2D eigenvalue weighted by Gasteiger charge is 2.12. The lowest BCUT2D eigenvalue weighted by molar-refractivity contribution is -0.384. The molecule has 3 rings (SSSR count). The van der Waals surface area contributed by atoms with Crippen LogP contribution in [0.15, 0.2) is 42.5 Å². The summed E-state index contributed by atoms with van der Waals surface area (Å²) in [6, 6.07) is 11.2. The lowest BCUT2D eigenvalue weighted by Gasteiger charge is -2.03. The summed E-state index contributed by atoms with van der Waals surface area (Å²) in [7, 11) is 0. The molecule has 0 unspecified atom stereocenters. The number of hydrogen-bond acceptors (Lipinski definition) is 7. The molecule has 0 radical (unpaired) electrons. The van der Waals surface area contributed by atoms with Gasteiger partial charge in [-0.05, 0) is 31.2 Å². The third kappa shape index (κ3) is 3.74. The van der Waals surface area contributed by atoms with E-state index in [1.165, 1.54) is 35.6 Å². The van der Waals surface area contributed by atoms with E-state index in [9.17, 15) is 14.9 Å². The maximum Gasteiger partial charge on any atom is 0.269 e. The highest BCUT2D eigenvalue weighted by atomic mass is 32.1. The number of nitro benzene ring substituents is 1. The lowest BCUT2D eigenvalue weighted by Crippen LogP contribution is -2.13. The van der Waals surface area contributed by atoms with E-state index in [4.69, 9.17) is 4.74 Å². The van der Waals surface area contributed by atoms with Crippen molar-refractivity contribution >= 4 is 38.2 Å². The fourth-order valence-corrected chi connectivity index (χ4v) is 3.18. The molecule has 0 bridgehead atoms. The van der Waals surface area contributed by atoms with E-state index in [2.05, 4.69) is 10.3 Å². The maximum absolute atomic E-state index is 12.2. The molecule has 1 N–H and O–H groups in total. The molecule has 0 amide bonds. The molecule has 0 saturated carbocycles. The molecule has 0 fully saturated rings. The molecule has 128 valence electrons. The first-order chi connectivity index (χ1) is 12.1. The zero-order valence-corrected chi connectivity index (χ0v) is 14.2. The monoisotopic (exact) mass is 357 g/mol. The second-order valence-corrected chi connectivity index (χ2v) is 6.17. The van der Waals surface area contributed by atoms with Crippen molar-refractivity contribution in [3.8, 4) is 5.75 Å². The molecule has 7 nitrogen and oxygen atoms in total. The number of nitrogens with zero attached hydrogens (tertiary/aromatic N) is 2. The van der Waals surface area contributed by atoms with Crippen molar-refractivity contribution in [1.82, 2.24) is 4.98 Å². The van der Waals surface area contributed by atoms with Crippen LogP contribution < -0.4 is 10.1 Å². The lowest BCUT2D eigenvalue weighted by atomic mass is 10.1. The van der Waals surface area contributed by atoms with Crippen molar-refractivity contribution in [2.75, 3.05) is 18.5 Å². The molecule has 25 heavy (non-hydrogen) atoms. The minimum Gasteiger partial charge on any atom is -0.492 e. The number of thiazole rings is 1. The number of non-ortho nitro benzene ring substituents is 1. The van der Waals surface area contributed by atoms with E-state index < -0.39 is 4.92 Å². The number of rotatable bonds is 7. The Kier molecular flexibility index (Phi) is 4.90. The van der Waals surface area contributed by atoms with Gasteiger partial charge in [0.25, 0.3) is 5.69 Å². The number of fused-ring (bicyclic) bond motifs is 1. The molecule has 0 aliphatic carbocycles. The van der Waals surface area contributed by atoms with Crippen LogP contribution in [0, 0.1) is 10.1 Å². The van der Waals surface area contributed by atoms with Gasteiger partial charge < -0.3 is 10.1 Å². The van der Waals surface area contributed by atoms with E-state index >= 15 is 0 Å². The Morgan fingerprint density at radius 1 is 1.28 bits per heavy atom. The van der Waals surface area contributed by atoms with Gasteiger partial charge in [-0.3, -0.25) is 14.9 Å². The van der Waals surface area contributed by atoms with Crippen LogP contribution in [-0.2, 0) is 0 Å². The van der Waals surface area contributed by atoms with Crippen LogP contribution >= 0.6 is 11.3 Å². The molecule has 0 saturated heterocycles. The predicted molar refractivity (Wildman–Crippen MR) is 96.7 cm³/mol. The first-order valence-electron chi connectivity index (χ1n) is 7.62. The van der Waals surface area contributed by atoms with E-state index in [1.54, 1.807) is 0 Å². The van der Waals surface area contributed by atoms with E-state index in [0.29, 0.717) is 23.1 Å². The van der Waals surface area contributed by atoms with Gasteiger partial charge in [0.1, 0.15) is 11.3 Å². The topological polar surface area (TPSA) is 94.4 Å². The molecule has 2 aromatic carbocycles. The number of nitrogens with one attached hydrogen (secondary N) is 1. The summed E-state index contributed by atoms with van der Waals surface area (Å²) in [6.45, 7) is 2.52. The maximum atomic E-state index is 12.2. The number of nitro groups is 1. The van der Waals surface area contributed by atoms with Crippen LogP contribution in [0.3, 0.4) is 0 Å². The summed E-state index contributed by atoms with van der Waals surface area (Å²) in [5.74, 6) is 0.546. The highest BCUT2D eigenvalue weighted by molar-refractivity contribution is 7.22. The van der Waals surface area contributed by atoms with Crippen LogP contribution in [-0.4, -0.2) is 28.8 Å².